The number of benzene rings is 2. The van der Waals surface area contributed by atoms with E-state index in [1.807, 2.05) is 56.3 Å². The number of nitrogens with zero attached hydrogens (tertiary/aromatic N) is 2. The second-order valence-electron chi connectivity index (χ2n) is 7.28. The van der Waals surface area contributed by atoms with Gasteiger partial charge in [0.2, 0.25) is 11.8 Å². The number of hydrogen-bond acceptors (Lipinski definition) is 5. The molecule has 0 heterocycles. The van der Waals surface area contributed by atoms with E-state index in [0.717, 1.165) is 16.9 Å². The number of anilines is 1. The maximum absolute atomic E-state index is 12.6. The van der Waals surface area contributed by atoms with Crippen molar-refractivity contribution in [3.8, 4) is 11.8 Å². The lowest BCUT2D eigenvalue weighted by atomic mass is 10.1. The van der Waals surface area contributed by atoms with Crippen molar-refractivity contribution in [2.45, 2.75) is 39.2 Å². The molecule has 0 spiro atoms. The van der Waals surface area contributed by atoms with Crippen LogP contribution >= 0.6 is 0 Å². The molecule has 7 nitrogen and oxygen atoms in total. The Bertz CT molecular complexity index is 889. The summed E-state index contributed by atoms with van der Waals surface area (Å²) in [7, 11) is 0. The van der Waals surface area contributed by atoms with Crippen LogP contribution < -0.4 is 15.0 Å². The van der Waals surface area contributed by atoms with Crippen LogP contribution in [0.25, 0.3) is 0 Å². The molecule has 0 aliphatic heterocycles. The second-order valence-corrected chi connectivity index (χ2v) is 7.28. The molecule has 1 atom stereocenters. The molecule has 2 aromatic carbocycles. The van der Waals surface area contributed by atoms with E-state index in [9.17, 15) is 14.7 Å². The van der Waals surface area contributed by atoms with Crippen molar-refractivity contribution in [3.63, 3.8) is 0 Å². The van der Waals surface area contributed by atoms with Gasteiger partial charge in [0.25, 0.3) is 0 Å². The molecular weight excluding hydrogens is 394 g/mol. The fourth-order valence-electron chi connectivity index (χ4n) is 3.11. The smallest absolute Gasteiger partial charge is 0.227 e. The van der Waals surface area contributed by atoms with E-state index in [1.165, 1.54) is 4.90 Å². The van der Waals surface area contributed by atoms with Gasteiger partial charge < -0.3 is 20.1 Å². The first-order chi connectivity index (χ1) is 14.9. The number of aliphatic hydroxyl groups is 1. The summed E-state index contributed by atoms with van der Waals surface area (Å²) in [4.78, 5) is 26.2. The third-order valence-corrected chi connectivity index (χ3v) is 4.75. The highest BCUT2D eigenvalue weighted by Gasteiger charge is 2.17. The van der Waals surface area contributed by atoms with Crippen molar-refractivity contribution >= 4 is 17.5 Å². The Morgan fingerprint density at radius 1 is 1.10 bits per heavy atom. The van der Waals surface area contributed by atoms with Crippen LogP contribution in [0.4, 0.5) is 5.69 Å². The minimum absolute atomic E-state index is 0.000794. The molecule has 0 aromatic heterocycles. The summed E-state index contributed by atoms with van der Waals surface area (Å²) >= 11 is 0. The summed E-state index contributed by atoms with van der Waals surface area (Å²) in [5.74, 6) is 0.181. The quantitative estimate of drug-likeness (QED) is 0.579. The van der Waals surface area contributed by atoms with E-state index in [-0.39, 0.29) is 50.8 Å². The highest BCUT2D eigenvalue weighted by molar-refractivity contribution is 5.95. The van der Waals surface area contributed by atoms with Crippen LogP contribution in [0, 0.1) is 25.2 Å². The zero-order chi connectivity index (χ0) is 22.6. The van der Waals surface area contributed by atoms with Crippen LogP contribution in [0.5, 0.6) is 5.75 Å². The Labute approximate surface area is 183 Å². The molecule has 164 valence electrons. The van der Waals surface area contributed by atoms with E-state index in [4.69, 9.17) is 10.00 Å². The molecule has 0 saturated carbocycles. The van der Waals surface area contributed by atoms with E-state index in [0.29, 0.717) is 5.69 Å². The van der Waals surface area contributed by atoms with Gasteiger partial charge in [-0.05, 0) is 37.1 Å². The molecule has 0 aliphatic rings. The number of carbonyl (C=O) groups excluding carboxylic acids is 2. The van der Waals surface area contributed by atoms with Crippen LogP contribution in [-0.2, 0) is 9.59 Å². The second kappa shape index (κ2) is 12.4. The third kappa shape index (κ3) is 7.76. The Balaban J connectivity index is 1.77. The average Bonchev–Trinajstić information content (AvgIpc) is 2.77. The van der Waals surface area contributed by atoms with E-state index >= 15 is 0 Å². The first-order valence-corrected chi connectivity index (χ1v) is 10.3. The number of hydrogen-bond donors (Lipinski definition) is 2. The van der Waals surface area contributed by atoms with Crippen molar-refractivity contribution in [1.82, 2.24) is 5.32 Å². The largest absolute Gasteiger partial charge is 0.490 e. The molecule has 0 fully saturated rings. The van der Waals surface area contributed by atoms with E-state index in [1.54, 1.807) is 12.1 Å². The summed E-state index contributed by atoms with van der Waals surface area (Å²) in [6, 6.07) is 16.9. The average molecular weight is 424 g/mol. The van der Waals surface area contributed by atoms with Gasteiger partial charge in [0.1, 0.15) is 18.5 Å². The number of rotatable bonds is 11. The number of aryl methyl sites for hydroxylation is 2. The molecule has 2 amide bonds. The van der Waals surface area contributed by atoms with Crippen molar-refractivity contribution in [2.24, 2.45) is 0 Å². The number of nitrogens with one attached hydrogen (secondary N) is 1. The Morgan fingerprint density at radius 2 is 1.77 bits per heavy atom. The first-order valence-electron chi connectivity index (χ1n) is 10.3. The summed E-state index contributed by atoms with van der Waals surface area (Å²) < 4.78 is 5.69. The molecular formula is C24H29N3O4. The zero-order valence-corrected chi connectivity index (χ0v) is 18.0. The summed E-state index contributed by atoms with van der Waals surface area (Å²) in [5.41, 5.74) is 2.66. The Hall–Kier alpha value is -3.37. The predicted molar refractivity (Wildman–Crippen MR) is 119 cm³/mol. The predicted octanol–water partition coefficient (Wildman–Crippen LogP) is 2.89. The molecule has 0 saturated heterocycles. The van der Waals surface area contributed by atoms with Crippen molar-refractivity contribution < 1.29 is 19.4 Å². The zero-order valence-electron chi connectivity index (χ0n) is 18.0. The molecule has 0 radical (unpaired) electrons. The number of carbonyl (C=O) groups is 2. The number of nitriles is 1. The molecule has 0 aliphatic carbocycles. The SMILES string of the molecule is Cc1cccc(C)c1OCC(O)CNC(=O)CCC(=O)N(CCC#N)c1ccccc1. The van der Waals surface area contributed by atoms with Crippen LogP contribution in [0.2, 0.25) is 0 Å². The third-order valence-electron chi connectivity index (χ3n) is 4.75. The van der Waals surface area contributed by atoms with Crippen molar-refractivity contribution in [1.29, 1.82) is 5.26 Å². The van der Waals surface area contributed by atoms with Crippen LogP contribution in [0.3, 0.4) is 0 Å². The molecule has 2 rings (SSSR count). The van der Waals surface area contributed by atoms with Gasteiger partial charge in [0, 0.05) is 31.6 Å². The maximum Gasteiger partial charge on any atom is 0.227 e. The van der Waals surface area contributed by atoms with Gasteiger partial charge in [0.15, 0.2) is 0 Å². The standard InChI is InChI=1S/C24H29N3O4/c1-18-8-6-9-19(2)24(18)31-17-21(28)16-26-22(29)12-13-23(30)27(15-7-14-25)20-10-4-3-5-11-20/h3-6,8-11,21,28H,7,12-13,15-17H2,1-2H3,(H,26,29). The van der Waals surface area contributed by atoms with Gasteiger partial charge in [0.05, 0.1) is 12.5 Å². The molecule has 31 heavy (non-hydrogen) atoms. The lowest BCUT2D eigenvalue weighted by molar-refractivity contribution is -0.125. The summed E-state index contributed by atoms with van der Waals surface area (Å²) in [6.07, 6.45) is -0.644. The minimum Gasteiger partial charge on any atom is -0.490 e. The first kappa shape index (κ1) is 23.9. The van der Waals surface area contributed by atoms with Gasteiger partial charge in [-0.2, -0.15) is 5.26 Å². The molecule has 1 unspecified atom stereocenters. The molecule has 0 bridgehead atoms. The maximum atomic E-state index is 12.6. The van der Waals surface area contributed by atoms with Gasteiger partial charge >= 0.3 is 0 Å². The summed E-state index contributed by atoms with van der Waals surface area (Å²) in [6.45, 7) is 4.23. The fourth-order valence-corrected chi connectivity index (χ4v) is 3.11. The number of para-hydroxylation sites is 2. The summed E-state index contributed by atoms with van der Waals surface area (Å²) in [5, 5.41) is 21.6. The number of amides is 2. The number of aliphatic hydroxyl groups excluding tert-OH is 1. The van der Waals surface area contributed by atoms with Gasteiger partial charge in [-0.25, -0.2) is 0 Å². The van der Waals surface area contributed by atoms with Crippen LogP contribution in [-0.4, -0.2) is 42.7 Å². The van der Waals surface area contributed by atoms with Crippen LogP contribution in [0.15, 0.2) is 48.5 Å². The number of ether oxygens (including phenoxy) is 1. The highest BCUT2D eigenvalue weighted by Crippen LogP contribution is 2.22. The highest BCUT2D eigenvalue weighted by atomic mass is 16.5. The van der Waals surface area contributed by atoms with Crippen molar-refractivity contribution in [2.75, 3.05) is 24.6 Å². The monoisotopic (exact) mass is 423 g/mol. The van der Waals surface area contributed by atoms with Crippen LogP contribution in [0.1, 0.15) is 30.4 Å². The Kier molecular flexibility index (Phi) is 9.53. The molecule has 2 aromatic rings. The topological polar surface area (TPSA) is 103 Å². The van der Waals surface area contributed by atoms with E-state index in [2.05, 4.69) is 5.32 Å². The van der Waals surface area contributed by atoms with E-state index < -0.39 is 6.10 Å². The van der Waals surface area contributed by atoms with Crippen molar-refractivity contribution in [3.05, 3.63) is 59.7 Å². The lowest BCUT2D eigenvalue weighted by Crippen LogP contribution is -2.37. The minimum atomic E-state index is -0.866. The van der Waals surface area contributed by atoms with Gasteiger partial charge in [-0.3, -0.25) is 9.59 Å². The van der Waals surface area contributed by atoms with Gasteiger partial charge in [-0.1, -0.05) is 36.4 Å². The molecule has 2 N–H and O–H groups in total. The Morgan fingerprint density at radius 3 is 2.42 bits per heavy atom. The fraction of sp³-hybridized carbons (Fsp3) is 0.375. The normalized spacial score (nSPS) is 11.3. The lowest BCUT2D eigenvalue weighted by Gasteiger charge is -2.21. The van der Waals surface area contributed by atoms with Gasteiger partial charge in [-0.15, -0.1) is 0 Å². The molecule has 7 heteroatoms.